The molecule has 3 N–H and O–H groups in total. The number of aromatic nitrogens is 2. The highest BCUT2D eigenvalue weighted by Crippen LogP contribution is 2.41. The molecule has 5 rings (SSSR count). The number of nitrogens with one attached hydrogen (secondary N) is 3. The fourth-order valence-corrected chi connectivity index (χ4v) is 6.67. The Morgan fingerprint density at radius 3 is 2.73 bits per heavy atom. The summed E-state index contributed by atoms with van der Waals surface area (Å²) in [6.07, 6.45) is 2.83. The van der Waals surface area contributed by atoms with Crippen molar-refractivity contribution in [2.75, 3.05) is 43.6 Å². The molecule has 1 fully saturated rings. The minimum atomic E-state index is -3.95. The number of carbonyl (C=O) groups excluding carboxylic acids is 2. The minimum Gasteiger partial charge on any atom is -0.385 e. The topological polar surface area (TPSA) is 162 Å². The number of amides is 2. The van der Waals surface area contributed by atoms with E-state index in [0.717, 1.165) is 27.9 Å². The fraction of sp³-hybridized carbons (Fsp3) is 0.357. The average Bonchev–Trinajstić information content (AvgIpc) is 3.21. The Hall–Kier alpha value is -4.07. The minimum absolute atomic E-state index is 0.0213. The summed E-state index contributed by atoms with van der Waals surface area (Å²) in [7, 11) is -2.33. The van der Waals surface area contributed by atoms with Gasteiger partial charge in [-0.05, 0) is 50.5 Å². The molecule has 0 spiro atoms. The molecule has 3 aromatic rings. The second-order valence-electron chi connectivity index (χ2n) is 10.1. The fourth-order valence-electron chi connectivity index (χ4n) is 5.42. The normalized spacial score (nSPS) is 17.6. The van der Waals surface area contributed by atoms with E-state index in [1.54, 1.807) is 30.2 Å². The molecule has 1 saturated heterocycles. The van der Waals surface area contributed by atoms with Gasteiger partial charge in [0.1, 0.15) is 0 Å². The molecule has 1 aromatic heterocycles. The van der Waals surface area contributed by atoms with Gasteiger partial charge < -0.3 is 19.9 Å². The maximum absolute atomic E-state index is 13.4. The van der Waals surface area contributed by atoms with E-state index in [0.29, 0.717) is 43.7 Å². The number of methoxy groups -OCH3 is 1. The Morgan fingerprint density at radius 1 is 1.17 bits per heavy atom. The first kappa shape index (κ1) is 28.5. The Kier molecular flexibility index (Phi) is 7.93. The van der Waals surface area contributed by atoms with Crippen molar-refractivity contribution in [1.82, 2.24) is 14.3 Å². The van der Waals surface area contributed by atoms with Gasteiger partial charge in [0, 0.05) is 66.5 Å². The van der Waals surface area contributed by atoms with Crippen molar-refractivity contribution in [2.45, 2.75) is 26.2 Å². The second kappa shape index (κ2) is 11.4. The van der Waals surface area contributed by atoms with E-state index < -0.39 is 27.2 Å². The van der Waals surface area contributed by atoms with Crippen LogP contribution in [0.15, 0.2) is 45.3 Å². The number of H-pyrrole nitrogens is 2. The van der Waals surface area contributed by atoms with Crippen LogP contribution in [0.4, 0.5) is 11.4 Å². The zero-order valence-electron chi connectivity index (χ0n) is 22.7. The number of anilines is 2. The molecule has 1 atom stereocenters. The molecule has 41 heavy (non-hydrogen) atoms. The number of aryl methyl sites for hydroxylation is 1. The third-order valence-electron chi connectivity index (χ3n) is 7.47. The summed E-state index contributed by atoms with van der Waals surface area (Å²) in [6.45, 7) is 2.76. The summed E-state index contributed by atoms with van der Waals surface area (Å²) in [4.78, 5) is 56.2. The molecule has 2 aliphatic heterocycles. The molecule has 0 aliphatic carbocycles. The van der Waals surface area contributed by atoms with E-state index in [-0.39, 0.29) is 36.2 Å². The monoisotopic (exact) mass is 581 g/mol. The molecule has 2 aromatic carbocycles. The van der Waals surface area contributed by atoms with E-state index in [1.807, 2.05) is 12.1 Å². The SMILES string of the molecule is COCCCN1C(=O)c2cccc3c(NC(=O)C4CCCN(S(=O)(=O)/C=C/c5c(C)[nH]c(=O)[nH]c5=O)C4)ccc1c23. The maximum Gasteiger partial charge on any atom is 0.325 e. The van der Waals surface area contributed by atoms with Gasteiger partial charge in [0.2, 0.25) is 15.9 Å². The van der Waals surface area contributed by atoms with Gasteiger partial charge in [0.25, 0.3) is 11.5 Å². The predicted molar refractivity (Wildman–Crippen MR) is 155 cm³/mol. The number of benzene rings is 2. The largest absolute Gasteiger partial charge is 0.385 e. The van der Waals surface area contributed by atoms with E-state index in [9.17, 15) is 27.6 Å². The number of hydrogen-bond donors (Lipinski definition) is 3. The highest BCUT2D eigenvalue weighted by Gasteiger charge is 2.33. The molecule has 12 nitrogen and oxygen atoms in total. The number of carbonyl (C=O) groups is 2. The zero-order chi connectivity index (χ0) is 29.3. The summed E-state index contributed by atoms with van der Waals surface area (Å²) in [5.41, 5.74) is 0.808. The molecule has 2 aliphatic rings. The molecule has 2 amide bonds. The van der Waals surface area contributed by atoms with Crippen molar-refractivity contribution < 1.29 is 22.7 Å². The number of piperidine rings is 1. The highest BCUT2D eigenvalue weighted by atomic mass is 32.2. The van der Waals surface area contributed by atoms with Gasteiger partial charge in [-0.25, -0.2) is 13.2 Å². The van der Waals surface area contributed by atoms with Gasteiger partial charge in [0.05, 0.1) is 17.2 Å². The average molecular weight is 582 g/mol. The first-order valence-corrected chi connectivity index (χ1v) is 14.8. The summed E-state index contributed by atoms with van der Waals surface area (Å²) >= 11 is 0. The smallest absolute Gasteiger partial charge is 0.325 e. The lowest BCUT2D eigenvalue weighted by molar-refractivity contribution is -0.120. The second-order valence-corrected chi connectivity index (χ2v) is 12.0. The van der Waals surface area contributed by atoms with Crippen molar-refractivity contribution in [3.63, 3.8) is 0 Å². The van der Waals surface area contributed by atoms with Gasteiger partial charge >= 0.3 is 5.69 Å². The van der Waals surface area contributed by atoms with Gasteiger partial charge in [-0.1, -0.05) is 12.1 Å². The molecule has 0 radical (unpaired) electrons. The Labute approximate surface area is 236 Å². The van der Waals surface area contributed by atoms with Crippen LogP contribution < -0.4 is 21.5 Å². The van der Waals surface area contributed by atoms with Gasteiger partial charge in [-0.3, -0.25) is 19.4 Å². The van der Waals surface area contributed by atoms with Gasteiger partial charge in [-0.2, -0.15) is 4.31 Å². The lowest BCUT2D eigenvalue weighted by Crippen LogP contribution is -2.43. The van der Waals surface area contributed by atoms with Crippen molar-refractivity contribution in [3.05, 3.63) is 73.4 Å². The van der Waals surface area contributed by atoms with Gasteiger partial charge in [0.15, 0.2) is 0 Å². The van der Waals surface area contributed by atoms with E-state index >= 15 is 0 Å². The van der Waals surface area contributed by atoms with Crippen LogP contribution in [0.5, 0.6) is 0 Å². The van der Waals surface area contributed by atoms with Crippen molar-refractivity contribution in [1.29, 1.82) is 0 Å². The number of hydrogen-bond acceptors (Lipinski definition) is 7. The van der Waals surface area contributed by atoms with Crippen molar-refractivity contribution in [3.8, 4) is 0 Å². The van der Waals surface area contributed by atoms with E-state index in [1.165, 1.54) is 11.2 Å². The van der Waals surface area contributed by atoms with Crippen LogP contribution in [0, 0.1) is 12.8 Å². The summed E-state index contributed by atoms with van der Waals surface area (Å²) in [5, 5.41) is 5.39. The maximum atomic E-state index is 13.4. The molecular weight excluding hydrogens is 550 g/mol. The van der Waals surface area contributed by atoms with Gasteiger partial charge in [-0.15, -0.1) is 0 Å². The van der Waals surface area contributed by atoms with Crippen LogP contribution in [0.2, 0.25) is 0 Å². The summed E-state index contributed by atoms with van der Waals surface area (Å²) in [5.74, 6) is -1.01. The Bertz CT molecular complexity index is 1780. The lowest BCUT2D eigenvalue weighted by atomic mass is 9.98. The van der Waals surface area contributed by atoms with Crippen LogP contribution in [-0.2, 0) is 19.6 Å². The molecular formula is C28H31N5O7S. The predicted octanol–water partition coefficient (Wildman–Crippen LogP) is 2.17. The standard InChI is InChI=1S/C28H31N5O7S/c1-17-19(26(35)31-28(37)29-17)11-15-41(38,39)32-12-4-6-18(16-32)25(34)30-22-9-10-23-24-20(22)7-3-8-21(24)27(36)33(23)13-5-14-40-2/h3,7-11,15,18H,4-6,12-14,16H2,1-2H3,(H,30,34)(H2,29,31,35,37)/b15-11+. The molecule has 3 heterocycles. The molecule has 13 heteroatoms. The van der Waals surface area contributed by atoms with Crippen LogP contribution in [0.25, 0.3) is 16.8 Å². The van der Waals surface area contributed by atoms with Crippen LogP contribution in [-0.4, -0.2) is 67.9 Å². The highest BCUT2D eigenvalue weighted by molar-refractivity contribution is 7.92. The molecule has 1 unspecified atom stereocenters. The third kappa shape index (κ3) is 5.60. The van der Waals surface area contributed by atoms with Crippen LogP contribution in [0.1, 0.15) is 40.9 Å². The zero-order valence-corrected chi connectivity index (χ0v) is 23.5. The number of aromatic amines is 2. The quantitative estimate of drug-likeness (QED) is 0.326. The number of sulfonamides is 1. The molecule has 0 bridgehead atoms. The van der Waals surface area contributed by atoms with Crippen molar-refractivity contribution in [2.24, 2.45) is 5.92 Å². The number of rotatable bonds is 9. The Morgan fingerprint density at radius 2 is 1.98 bits per heavy atom. The van der Waals surface area contributed by atoms with Crippen molar-refractivity contribution >= 4 is 50.1 Å². The first-order chi connectivity index (χ1) is 19.6. The molecule has 216 valence electrons. The van der Waals surface area contributed by atoms with E-state index in [4.69, 9.17) is 4.74 Å². The number of nitrogens with zero attached hydrogens (tertiary/aromatic N) is 2. The third-order valence-corrected chi connectivity index (χ3v) is 9.00. The molecule has 0 saturated carbocycles. The van der Waals surface area contributed by atoms with Crippen LogP contribution in [0.3, 0.4) is 0 Å². The summed E-state index contributed by atoms with van der Waals surface area (Å²) < 4.78 is 32.5. The van der Waals surface area contributed by atoms with Crippen LogP contribution >= 0.6 is 0 Å². The summed E-state index contributed by atoms with van der Waals surface area (Å²) in [6, 6.07) is 9.00. The Balaban J connectivity index is 1.33. The van der Waals surface area contributed by atoms with E-state index in [2.05, 4.69) is 15.3 Å². The first-order valence-electron chi connectivity index (χ1n) is 13.3. The lowest BCUT2D eigenvalue weighted by Gasteiger charge is -2.30. The number of ether oxygens (including phenoxy) is 1.